The minimum atomic E-state index is -0.795. The molecule has 0 saturated carbocycles. The standard InChI is InChI=1S/C11H11NO3/c1-7(5-11(13)14)8-3-2-4-10-9(8)6-12-15-10/h2-4,6-7H,5H2,1H3,(H,13,14). The molecular weight excluding hydrogens is 194 g/mol. The molecule has 1 N–H and O–H groups in total. The molecule has 2 aromatic rings. The van der Waals surface area contributed by atoms with Gasteiger partial charge >= 0.3 is 5.97 Å². The molecule has 0 saturated heterocycles. The fourth-order valence-electron chi connectivity index (χ4n) is 1.72. The highest BCUT2D eigenvalue weighted by atomic mass is 16.5. The van der Waals surface area contributed by atoms with E-state index in [0.29, 0.717) is 5.58 Å². The van der Waals surface area contributed by atoms with Crippen LogP contribution in [-0.4, -0.2) is 16.2 Å². The molecule has 4 nitrogen and oxygen atoms in total. The van der Waals surface area contributed by atoms with Crippen LogP contribution >= 0.6 is 0 Å². The monoisotopic (exact) mass is 205 g/mol. The molecule has 4 heteroatoms. The lowest BCUT2D eigenvalue weighted by Gasteiger charge is -2.09. The molecule has 0 spiro atoms. The van der Waals surface area contributed by atoms with Crippen LogP contribution in [0.3, 0.4) is 0 Å². The van der Waals surface area contributed by atoms with Crippen molar-refractivity contribution in [3.63, 3.8) is 0 Å². The first kappa shape index (κ1) is 9.71. The lowest BCUT2D eigenvalue weighted by Crippen LogP contribution is -2.02. The van der Waals surface area contributed by atoms with Crippen molar-refractivity contribution in [1.82, 2.24) is 5.16 Å². The number of carboxylic acid groups (broad SMARTS) is 1. The Labute approximate surface area is 86.5 Å². The van der Waals surface area contributed by atoms with Gasteiger partial charge in [0.15, 0.2) is 5.58 Å². The average Bonchev–Trinajstić information content (AvgIpc) is 2.63. The Balaban J connectivity index is 2.42. The number of carboxylic acids is 1. The molecule has 2 rings (SSSR count). The Morgan fingerprint density at radius 1 is 1.60 bits per heavy atom. The van der Waals surface area contributed by atoms with Crippen molar-refractivity contribution < 1.29 is 14.4 Å². The number of hydrogen-bond acceptors (Lipinski definition) is 3. The predicted octanol–water partition coefficient (Wildman–Crippen LogP) is 2.41. The van der Waals surface area contributed by atoms with E-state index in [1.165, 1.54) is 0 Å². The zero-order valence-corrected chi connectivity index (χ0v) is 8.30. The summed E-state index contributed by atoms with van der Waals surface area (Å²) >= 11 is 0. The SMILES string of the molecule is CC(CC(=O)O)c1cccc2oncc12. The first-order chi connectivity index (χ1) is 7.18. The summed E-state index contributed by atoms with van der Waals surface area (Å²) in [6, 6.07) is 5.58. The van der Waals surface area contributed by atoms with Crippen molar-refractivity contribution in [2.24, 2.45) is 0 Å². The Morgan fingerprint density at radius 2 is 2.40 bits per heavy atom. The van der Waals surface area contributed by atoms with Crippen LogP contribution in [0.1, 0.15) is 24.8 Å². The molecule has 78 valence electrons. The predicted molar refractivity (Wildman–Crippen MR) is 54.7 cm³/mol. The number of rotatable bonds is 3. The lowest BCUT2D eigenvalue weighted by atomic mass is 9.95. The number of carbonyl (C=O) groups is 1. The Hall–Kier alpha value is -1.84. The van der Waals surface area contributed by atoms with Gasteiger partial charge in [-0.05, 0) is 17.5 Å². The molecule has 0 amide bonds. The van der Waals surface area contributed by atoms with Gasteiger partial charge < -0.3 is 9.63 Å². The van der Waals surface area contributed by atoms with E-state index in [0.717, 1.165) is 10.9 Å². The number of benzene rings is 1. The van der Waals surface area contributed by atoms with Gasteiger partial charge in [-0.15, -0.1) is 0 Å². The van der Waals surface area contributed by atoms with Gasteiger partial charge in [-0.25, -0.2) is 0 Å². The highest BCUT2D eigenvalue weighted by Crippen LogP contribution is 2.27. The quantitative estimate of drug-likeness (QED) is 0.835. The van der Waals surface area contributed by atoms with Crippen LogP contribution < -0.4 is 0 Å². The fourth-order valence-corrected chi connectivity index (χ4v) is 1.72. The Kier molecular flexibility index (Phi) is 2.41. The van der Waals surface area contributed by atoms with Gasteiger partial charge in [-0.3, -0.25) is 4.79 Å². The van der Waals surface area contributed by atoms with Crippen LogP contribution in [0.4, 0.5) is 0 Å². The van der Waals surface area contributed by atoms with Crippen molar-refractivity contribution in [3.05, 3.63) is 30.0 Å². The Morgan fingerprint density at radius 3 is 3.13 bits per heavy atom. The number of nitrogens with zero attached hydrogens (tertiary/aromatic N) is 1. The summed E-state index contributed by atoms with van der Waals surface area (Å²) in [7, 11) is 0. The molecule has 0 aliphatic carbocycles. The second kappa shape index (κ2) is 3.73. The highest BCUT2D eigenvalue weighted by molar-refractivity contribution is 5.81. The average molecular weight is 205 g/mol. The molecule has 0 bridgehead atoms. The van der Waals surface area contributed by atoms with Crippen molar-refractivity contribution in [2.75, 3.05) is 0 Å². The number of aliphatic carboxylic acids is 1. The number of aromatic nitrogens is 1. The molecule has 1 atom stereocenters. The van der Waals surface area contributed by atoms with Gasteiger partial charge in [-0.2, -0.15) is 0 Å². The third kappa shape index (κ3) is 1.83. The third-order valence-corrected chi connectivity index (χ3v) is 2.44. The van der Waals surface area contributed by atoms with E-state index in [1.807, 2.05) is 25.1 Å². The van der Waals surface area contributed by atoms with Gasteiger partial charge in [0.1, 0.15) is 0 Å². The molecule has 0 aliphatic rings. The molecule has 0 aliphatic heterocycles. The van der Waals surface area contributed by atoms with Crippen molar-refractivity contribution in [2.45, 2.75) is 19.3 Å². The van der Waals surface area contributed by atoms with Crippen LogP contribution in [0.2, 0.25) is 0 Å². The zero-order chi connectivity index (χ0) is 10.8. The van der Waals surface area contributed by atoms with Gasteiger partial charge in [0, 0.05) is 5.39 Å². The molecule has 0 radical (unpaired) electrons. The van der Waals surface area contributed by atoms with Crippen molar-refractivity contribution in [3.8, 4) is 0 Å². The highest BCUT2D eigenvalue weighted by Gasteiger charge is 2.14. The summed E-state index contributed by atoms with van der Waals surface area (Å²) in [5.41, 5.74) is 1.67. The van der Waals surface area contributed by atoms with Gasteiger partial charge in [0.2, 0.25) is 0 Å². The molecule has 1 aromatic carbocycles. The normalized spacial score (nSPS) is 12.9. The van der Waals surface area contributed by atoms with Gasteiger partial charge in [-0.1, -0.05) is 24.2 Å². The van der Waals surface area contributed by atoms with Gasteiger partial charge in [0.05, 0.1) is 12.6 Å². The third-order valence-electron chi connectivity index (χ3n) is 2.44. The second-order valence-corrected chi connectivity index (χ2v) is 3.58. The minimum Gasteiger partial charge on any atom is -0.481 e. The molecule has 15 heavy (non-hydrogen) atoms. The maximum Gasteiger partial charge on any atom is 0.303 e. The van der Waals surface area contributed by atoms with Crippen molar-refractivity contribution in [1.29, 1.82) is 0 Å². The lowest BCUT2D eigenvalue weighted by molar-refractivity contribution is -0.137. The maximum absolute atomic E-state index is 10.6. The summed E-state index contributed by atoms with van der Waals surface area (Å²) in [5, 5.41) is 13.3. The van der Waals surface area contributed by atoms with E-state index in [2.05, 4.69) is 5.16 Å². The first-order valence-electron chi connectivity index (χ1n) is 4.73. The minimum absolute atomic E-state index is 0.0365. The zero-order valence-electron chi connectivity index (χ0n) is 8.30. The number of fused-ring (bicyclic) bond motifs is 1. The fraction of sp³-hybridized carbons (Fsp3) is 0.273. The van der Waals surface area contributed by atoms with E-state index < -0.39 is 5.97 Å². The molecule has 0 fully saturated rings. The van der Waals surface area contributed by atoms with Crippen LogP contribution in [0.15, 0.2) is 28.9 Å². The van der Waals surface area contributed by atoms with E-state index in [-0.39, 0.29) is 12.3 Å². The van der Waals surface area contributed by atoms with E-state index >= 15 is 0 Å². The van der Waals surface area contributed by atoms with Gasteiger partial charge in [0.25, 0.3) is 0 Å². The van der Waals surface area contributed by atoms with Crippen LogP contribution in [0.25, 0.3) is 11.0 Å². The summed E-state index contributed by atoms with van der Waals surface area (Å²) in [5.74, 6) is -0.832. The smallest absolute Gasteiger partial charge is 0.303 e. The first-order valence-corrected chi connectivity index (χ1v) is 4.73. The molecule has 1 unspecified atom stereocenters. The summed E-state index contributed by atoms with van der Waals surface area (Å²) in [6.07, 6.45) is 1.74. The van der Waals surface area contributed by atoms with Crippen LogP contribution in [0.5, 0.6) is 0 Å². The van der Waals surface area contributed by atoms with E-state index in [4.69, 9.17) is 9.63 Å². The van der Waals surface area contributed by atoms with Crippen LogP contribution in [0, 0.1) is 0 Å². The maximum atomic E-state index is 10.6. The second-order valence-electron chi connectivity index (χ2n) is 3.58. The molecule has 1 aromatic heterocycles. The summed E-state index contributed by atoms with van der Waals surface area (Å²) in [6.45, 7) is 1.88. The summed E-state index contributed by atoms with van der Waals surface area (Å²) in [4.78, 5) is 10.6. The van der Waals surface area contributed by atoms with Crippen molar-refractivity contribution >= 4 is 16.9 Å². The molecular formula is C11H11NO3. The Bertz CT molecular complexity index is 489. The summed E-state index contributed by atoms with van der Waals surface area (Å²) < 4.78 is 5.02. The van der Waals surface area contributed by atoms with E-state index in [9.17, 15) is 4.79 Å². The largest absolute Gasteiger partial charge is 0.481 e. The molecule has 1 heterocycles. The topological polar surface area (TPSA) is 63.3 Å². The van der Waals surface area contributed by atoms with Crippen LogP contribution in [-0.2, 0) is 4.79 Å². The number of hydrogen-bond donors (Lipinski definition) is 1. The van der Waals surface area contributed by atoms with E-state index in [1.54, 1.807) is 6.20 Å².